The van der Waals surface area contributed by atoms with Gasteiger partial charge in [0, 0.05) is 39.8 Å². The number of hydrogen-bond acceptors (Lipinski definition) is 5. The van der Waals surface area contributed by atoms with Crippen LogP contribution in [0.25, 0.3) is 0 Å². The molecule has 2 amide bonds. The van der Waals surface area contributed by atoms with Crippen molar-refractivity contribution in [2.75, 3.05) is 39.8 Å². The van der Waals surface area contributed by atoms with Crippen LogP contribution in [0.1, 0.15) is 60.8 Å². The number of carbonyl (C=O) groups is 2. The number of guanidine groups is 1. The minimum Gasteiger partial charge on any atom is -0.444 e. The van der Waals surface area contributed by atoms with E-state index in [0.717, 1.165) is 31.8 Å². The van der Waals surface area contributed by atoms with Gasteiger partial charge in [0.1, 0.15) is 11.2 Å². The molecule has 0 bridgehead atoms. The fourth-order valence-electron chi connectivity index (χ4n) is 2.91. The molecule has 10 heteroatoms. The van der Waals surface area contributed by atoms with Gasteiger partial charge >= 0.3 is 12.2 Å². The molecule has 3 N–H and O–H groups in total. The number of nitrogens with zero attached hydrogens (tertiary/aromatic N) is 2. The molecule has 1 heterocycles. The highest BCUT2D eigenvalue weighted by molar-refractivity contribution is 14.0. The number of alkyl carbamates (subject to hydrolysis) is 1. The molecule has 1 aliphatic rings. The molecule has 1 fully saturated rings. The molecular weight excluding hydrogens is 513 g/mol. The molecule has 1 saturated heterocycles. The maximum absolute atomic E-state index is 12.1. The summed E-state index contributed by atoms with van der Waals surface area (Å²) in [6.07, 6.45) is 1.99. The normalized spacial score (nSPS) is 15.6. The highest BCUT2D eigenvalue weighted by Crippen LogP contribution is 2.19. The Labute approximate surface area is 204 Å². The summed E-state index contributed by atoms with van der Waals surface area (Å²) >= 11 is 0. The van der Waals surface area contributed by atoms with Gasteiger partial charge in [0.2, 0.25) is 0 Å². The Balaban J connectivity index is 0.00000900. The van der Waals surface area contributed by atoms with E-state index in [9.17, 15) is 9.59 Å². The van der Waals surface area contributed by atoms with Gasteiger partial charge in [0.15, 0.2) is 5.96 Å². The van der Waals surface area contributed by atoms with Crippen LogP contribution in [0.4, 0.5) is 9.59 Å². The summed E-state index contributed by atoms with van der Waals surface area (Å²) in [6.45, 7) is 14.6. The van der Waals surface area contributed by atoms with Crippen molar-refractivity contribution in [3.63, 3.8) is 0 Å². The lowest BCUT2D eigenvalue weighted by atomic mass is 9.97. The summed E-state index contributed by atoms with van der Waals surface area (Å²) in [5, 5.41) is 9.33. The lowest BCUT2D eigenvalue weighted by Gasteiger charge is -2.33. The maximum atomic E-state index is 12.1. The van der Waals surface area contributed by atoms with Gasteiger partial charge in [0.05, 0.1) is 0 Å². The van der Waals surface area contributed by atoms with E-state index in [-0.39, 0.29) is 30.1 Å². The van der Waals surface area contributed by atoms with Crippen LogP contribution >= 0.6 is 24.0 Å². The molecule has 0 aromatic rings. The second kappa shape index (κ2) is 13.8. The zero-order chi connectivity index (χ0) is 22.8. The number of carbonyl (C=O) groups excluding carboxylic acids is 2. The van der Waals surface area contributed by atoms with Crippen LogP contribution < -0.4 is 16.0 Å². The quantitative estimate of drug-likeness (QED) is 0.201. The standard InChI is InChI=1S/C21H41N5O4.HI/c1-20(2,3)29-18(27)24-12-8-11-23-17(22-7)25-15-16-9-13-26(14-10-16)19(28)30-21(4,5)6;/h16H,8-15H2,1-7H3,(H,24,27)(H2,22,23,25);1H. The van der Waals surface area contributed by atoms with E-state index >= 15 is 0 Å². The number of halogens is 1. The van der Waals surface area contributed by atoms with Crippen molar-refractivity contribution in [2.24, 2.45) is 10.9 Å². The van der Waals surface area contributed by atoms with E-state index < -0.39 is 17.3 Å². The van der Waals surface area contributed by atoms with Crippen molar-refractivity contribution in [3.05, 3.63) is 0 Å². The number of piperidine rings is 1. The van der Waals surface area contributed by atoms with Crippen LogP contribution in [-0.2, 0) is 9.47 Å². The van der Waals surface area contributed by atoms with Crippen LogP contribution in [-0.4, -0.2) is 74.0 Å². The van der Waals surface area contributed by atoms with Gasteiger partial charge < -0.3 is 30.3 Å². The molecule has 0 aromatic carbocycles. The lowest BCUT2D eigenvalue weighted by Crippen LogP contribution is -2.45. The Morgan fingerprint density at radius 3 is 2.00 bits per heavy atom. The number of hydrogen-bond donors (Lipinski definition) is 3. The van der Waals surface area contributed by atoms with Crippen LogP contribution in [0.15, 0.2) is 4.99 Å². The molecule has 0 atom stereocenters. The smallest absolute Gasteiger partial charge is 0.410 e. The van der Waals surface area contributed by atoms with Crippen molar-refractivity contribution in [2.45, 2.75) is 72.0 Å². The number of ether oxygens (including phenoxy) is 2. The van der Waals surface area contributed by atoms with E-state index in [1.807, 2.05) is 41.5 Å². The molecule has 1 aliphatic heterocycles. The second-order valence-corrected chi connectivity index (χ2v) is 9.57. The molecule has 9 nitrogen and oxygen atoms in total. The molecule has 0 unspecified atom stereocenters. The van der Waals surface area contributed by atoms with Crippen LogP contribution in [0.2, 0.25) is 0 Å². The maximum Gasteiger partial charge on any atom is 0.410 e. The molecule has 0 spiro atoms. The summed E-state index contributed by atoms with van der Waals surface area (Å²) in [5.41, 5.74) is -0.951. The average molecular weight is 556 g/mol. The van der Waals surface area contributed by atoms with Crippen molar-refractivity contribution >= 4 is 42.1 Å². The Morgan fingerprint density at radius 1 is 0.935 bits per heavy atom. The lowest BCUT2D eigenvalue weighted by molar-refractivity contribution is 0.0185. The number of amides is 2. The third-order valence-corrected chi connectivity index (χ3v) is 4.36. The van der Waals surface area contributed by atoms with Gasteiger partial charge in [-0.1, -0.05) is 0 Å². The van der Waals surface area contributed by atoms with Crippen molar-refractivity contribution in [1.29, 1.82) is 0 Å². The molecule has 0 aliphatic carbocycles. The third-order valence-electron chi connectivity index (χ3n) is 4.36. The zero-order valence-corrected chi connectivity index (χ0v) is 22.5. The third kappa shape index (κ3) is 14.3. The molecule has 0 aromatic heterocycles. The fraction of sp³-hybridized carbons (Fsp3) is 0.857. The topological polar surface area (TPSA) is 104 Å². The first-order valence-corrected chi connectivity index (χ1v) is 10.8. The highest BCUT2D eigenvalue weighted by atomic mass is 127. The van der Waals surface area contributed by atoms with Crippen LogP contribution in [0.3, 0.4) is 0 Å². The summed E-state index contributed by atoms with van der Waals surface area (Å²) in [5.74, 6) is 1.22. The summed E-state index contributed by atoms with van der Waals surface area (Å²) in [4.78, 5) is 29.8. The first kappa shape index (κ1) is 29.5. The summed E-state index contributed by atoms with van der Waals surface area (Å²) in [6, 6.07) is 0. The van der Waals surface area contributed by atoms with E-state index in [0.29, 0.717) is 32.1 Å². The van der Waals surface area contributed by atoms with Gasteiger partial charge in [-0.3, -0.25) is 4.99 Å². The van der Waals surface area contributed by atoms with Gasteiger partial charge in [-0.2, -0.15) is 0 Å². The number of likely N-dealkylation sites (tertiary alicyclic amines) is 1. The van der Waals surface area contributed by atoms with Gasteiger partial charge in [-0.15, -0.1) is 24.0 Å². The monoisotopic (exact) mass is 555 g/mol. The molecule has 182 valence electrons. The second-order valence-electron chi connectivity index (χ2n) is 9.57. The molecular formula is C21H42IN5O4. The first-order chi connectivity index (χ1) is 13.9. The molecule has 0 saturated carbocycles. The Bertz CT molecular complexity index is 579. The number of rotatable bonds is 6. The average Bonchev–Trinajstić information content (AvgIpc) is 2.61. The van der Waals surface area contributed by atoms with Gasteiger partial charge in [0.25, 0.3) is 0 Å². The van der Waals surface area contributed by atoms with E-state index in [4.69, 9.17) is 9.47 Å². The van der Waals surface area contributed by atoms with Crippen molar-refractivity contribution < 1.29 is 19.1 Å². The van der Waals surface area contributed by atoms with Gasteiger partial charge in [-0.25, -0.2) is 9.59 Å². The van der Waals surface area contributed by atoms with E-state index in [1.165, 1.54) is 0 Å². The largest absolute Gasteiger partial charge is 0.444 e. The van der Waals surface area contributed by atoms with Crippen molar-refractivity contribution in [1.82, 2.24) is 20.9 Å². The summed E-state index contributed by atoms with van der Waals surface area (Å²) in [7, 11) is 1.74. The number of nitrogens with one attached hydrogen (secondary N) is 3. The van der Waals surface area contributed by atoms with Crippen molar-refractivity contribution in [3.8, 4) is 0 Å². The fourth-order valence-corrected chi connectivity index (χ4v) is 2.91. The summed E-state index contributed by atoms with van der Waals surface area (Å²) < 4.78 is 10.6. The number of aliphatic imine (C=N–C) groups is 1. The van der Waals surface area contributed by atoms with Crippen LogP contribution in [0.5, 0.6) is 0 Å². The highest BCUT2D eigenvalue weighted by Gasteiger charge is 2.26. The first-order valence-electron chi connectivity index (χ1n) is 10.8. The van der Waals surface area contributed by atoms with Crippen LogP contribution in [0, 0.1) is 5.92 Å². The van der Waals surface area contributed by atoms with Gasteiger partial charge in [-0.05, 0) is 66.7 Å². The minimum absolute atomic E-state index is 0. The Kier molecular flexibility index (Phi) is 13.2. The minimum atomic E-state index is -0.489. The predicted molar refractivity (Wildman–Crippen MR) is 134 cm³/mol. The predicted octanol–water partition coefficient (Wildman–Crippen LogP) is 3.33. The van der Waals surface area contributed by atoms with E-state index in [1.54, 1.807) is 11.9 Å². The molecule has 1 rings (SSSR count). The Hall–Kier alpha value is -1.46. The zero-order valence-electron chi connectivity index (χ0n) is 20.2. The molecule has 31 heavy (non-hydrogen) atoms. The SMILES string of the molecule is CN=C(NCCCNC(=O)OC(C)(C)C)NCC1CCN(C(=O)OC(C)(C)C)CC1.I. The Morgan fingerprint density at radius 2 is 1.48 bits per heavy atom. The van der Waals surface area contributed by atoms with E-state index in [2.05, 4.69) is 20.9 Å². The molecule has 0 radical (unpaired) electrons.